The van der Waals surface area contributed by atoms with Crippen molar-refractivity contribution in [1.29, 1.82) is 0 Å². The summed E-state index contributed by atoms with van der Waals surface area (Å²) in [4.78, 5) is 35.3. The van der Waals surface area contributed by atoms with E-state index in [2.05, 4.69) is 46.6 Å². The number of hydrogen-bond acceptors (Lipinski definition) is 11. The highest BCUT2D eigenvalue weighted by Crippen LogP contribution is 2.28. The number of nitrogens with one attached hydrogen (secondary N) is 3. The molecule has 0 bridgehead atoms. The smallest absolute Gasteiger partial charge is 0.279 e. The molecule has 2 fully saturated rings. The van der Waals surface area contributed by atoms with Crippen LogP contribution in [0.2, 0.25) is 0 Å². The van der Waals surface area contributed by atoms with Crippen molar-refractivity contribution in [2.75, 3.05) is 26.4 Å². The van der Waals surface area contributed by atoms with E-state index < -0.39 is 17.5 Å². The van der Waals surface area contributed by atoms with Gasteiger partial charge in [0, 0.05) is 13.1 Å². The Balaban J connectivity index is 1.44. The Morgan fingerprint density at radius 2 is 1.97 bits per heavy atom. The summed E-state index contributed by atoms with van der Waals surface area (Å²) >= 11 is 6.06. The summed E-state index contributed by atoms with van der Waals surface area (Å²) in [6.45, 7) is 1.67. The van der Waals surface area contributed by atoms with E-state index in [4.69, 9.17) is 33.9 Å². The maximum absolute atomic E-state index is 12.9. The van der Waals surface area contributed by atoms with Crippen LogP contribution in [0.3, 0.4) is 0 Å². The topological polar surface area (TPSA) is 238 Å². The average Bonchev–Trinajstić information content (AvgIpc) is 3.45. The molecule has 0 aliphatic carbocycles. The number of hydrogen-bond donors (Lipinski definition) is 6. The summed E-state index contributed by atoms with van der Waals surface area (Å²) in [5.41, 5.74) is -0.0156. The molecule has 4 aliphatic heterocycles. The number of halogens is 1. The quantitative estimate of drug-likeness (QED) is 0.107. The van der Waals surface area contributed by atoms with Crippen LogP contribution in [0, 0.1) is 0 Å². The fourth-order valence-electron chi connectivity index (χ4n) is 3.92. The molecule has 18 heteroatoms. The van der Waals surface area contributed by atoms with E-state index in [0.29, 0.717) is 38.2 Å². The minimum absolute atomic E-state index is 0.0847. The van der Waals surface area contributed by atoms with Crippen LogP contribution < -0.4 is 33.5 Å². The number of piperidine rings is 1. The molecule has 4 aliphatic rings. The number of guanidine groups is 1. The number of ether oxygens (including phenoxy) is 1. The second-order valence-electron chi connectivity index (χ2n) is 7.73. The fraction of sp³-hybridized carbons (Fsp3) is 0.500. The van der Waals surface area contributed by atoms with Gasteiger partial charge in [-0.2, -0.15) is 4.99 Å². The third-order valence-electron chi connectivity index (χ3n) is 5.63. The van der Waals surface area contributed by atoms with Gasteiger partial charge >= 0.3 is 0 Å². The Kier molecular flexibility index (Phi) is 6.46. The van der Waals surface area contributed by atoms with Crippen molar-refractivity contribution in [3.63, 3.8) is 0 Å². The van der Waals surface area contributed by atoms with E-state index in [1.807, 2.05) is 0 Å². The molecule has 17 nitrogen and oxygen atoms in total. The average molecular weight is 495 g/mol. The Morgan fingerprint density at radius 1 is 1.24 bits per heavy atom. The fourth-order valence-corrected chi connectivity index (χ4v) is 4.11. The molecule has 34 heavy (non-hydrogen) atoms. The van der Waals surface area contributed by atoms with Gasteiger partial charge in [-0.15, -0.1) is 10.2 Å². The van der Waals surface area contributed by atoms with Gasteiger partial charge in [-0.1, -0.05) is 22.0 Å². The summed E-state index contributed by atoms with van der Waals surface area (Å²) in [6.07, 6.45) is 2.63. The molecule has 9 N–H and O–H groups in total. The molecular formula is C16H23ClN14O3. The lowest BCUT2D eigenvalue weighted by molar-refractivity contribution is -0.129. The van der Waals surface area contributed by atoms with Gasteiger partial charge < -0.3 is 37.3 Å². The molecule has 1 spiro atoms. The minimum atomic E-state index is -1.19. The van der Waals surface area contributed by atoms with E-state index in [-0.39, 0.29) is 35.4 Å². The zero-order valence-electron chi connectivity index (χ0n) is 17.8. The van der Waals surface area contributed by atoms with Crippen LogP contribution >= 0.6 is 11.6 Å². The van der Waals surface area contributed by atoms with Crippen molar-refractivity contribution in [2.24, 2.45) is 48.2 Å². The minimum Gasteiger partial charge on any atom is -0.479 e. The molecule has 1 atom stereocenters. The maximum atomic E-state index is 12.9. The lowest BCUT2D eigenvalue weighted by Gasteiger charge is -2.38. The Labute approximate surface area is 197 Å². The number of carbonyl (C=O) groups is 2. The predicted molar refractivity (Wildman–Crippen MR) is 118 cm³/mol. The maximum Gasteiger partial charge on any atom is 0.279 e. The van der Waals surface area contributed by atoms with E-state index >= 15 is 0 Å². The first-order valence-electron chi connectivity index (χ1n) is 10.1. The number of nitrogens with two attached hydrogens (primary N) is 3. The number of carbonyl (C=O) groups excluding carboxylic acids is 2. The largest absolute Gasteiger partial charge is 0.479 e. The van der Waals surface area contributed by atoms with Gasteiger partial charge in [-0.05, 0) is 12.8 Å². The number of likely N-dealkylation sites (tertiary alicyclic amines) is 1. The lowest BCUT2D eigenvalue weighted by atomic mass is 9.88. The van der Waals surface area contributed by atoms with Crippen molar-refractivity contribution in [3.8, 4) is 0 Å². The SMILES string of the molecule is NN=NC1=NC(N=NN)=C(Cl)NC1C(=O)/N=C1/NC2(CCN(C(=O)C3=COCN3)CC2)CN1N. The summed E-state index contributed by atoms with van der Waals surface area (Å²) in [5.74, 6) is 15.4. The van der Waals surface area contributed by atoms with Crippen molar-refractivity contribution in [1.82, 2.24) is 25.9 Å². The zero-order chi connectivity index (χ0) is 24.3. The number of rotatable bonds is 3. The van der Waals surface area contributed by atoms with E-state index in [1.165, 1.54) is 11.3 Å². The number of nitrogens with zero attached hydrogens (tertiary/aromatic N) is 8. The van der Waals surface area contributed by atoms with Crippen molar-refractivity contribution in [3.05, 3.63) is 22.9 Å². The molecule has 2 saturated heterocycles. The van der Waals surface area contributed by atoms with Crippen molar-refractivity contribution >= 4 is 35.2 Å². The second kappa shape index (κ2) is 9.48. The highest BCUT2D eigenvalue weighted by atomic mass is 35.5. The molecule has 0 aromatic rings. The predicted octanol–water partition coefficient (Wildman–Crippen LogP) is -2.18. The van der Waals surface area contributed by atoms with Gasteiger partial charge in [-0.3, -0.25) is 14.6 Å². The number of amides is 2. The number of aliphatic imine (C=N–C) groups is 2. The first-order chi connectivity index (χ1) is 16.4. The van der Waals surface area contributed by atoms with Gasteiger partial charge in [0.25, 0.3) is 11.8 Å². The third kappa shape index (κ3) is 4.55. The standard InChI is InChI=1S/C16H23ClN14O3/c17-10-12(27-29-19)23-11(26-28-18)9(22-10)13(32)24-15-25-16(6-31(15)20)1-3-30(4-2-16)14(33)8-5-34-7-21-8/h5,9,21-22H,1-4,6-7,20H2,(H2,19,27)(H2,18,23,26)(H,24,25,32). The molecule has 182 valence electrons. The normalized spacial score (nSPS) is 25.4. The molecule has 4 rings (SSSR count). The summed E-state index contributed by atoms with van der Waals surface area (Å²) in [6, 6.07) is -1.19. The highest BCUT2D eigenvalue weighted by molar-refractivity contribution is 6.30. The summed E-state index contributed by atoms with van der Waals surface area (Å²) in [7, 11) is 0. The van der Waals surface area contributed by atoms with E-state index in [1.54, 1.807) is 4.90 Å². The van der Waals surface area contributed by atoms with Crippen LogP contribution in [-0.2, 0) is 14.3 Å². The van der Waals surface area contributed by atoms with Gasteiger partial charge in [0.2, 0.25) is 11.8 Å². The van der Waals surface area contributed by atoms with Crippen LogP contribution in [0.5, 0.6) is 0 Å². The Bertz CT molecular complexity index is 1040. The highest BCUT2D eigenvalue weighted by Gasteiger charge is 2.44. The van der Waals surface area contributed by atoms with E-state index in [9.17, 15) is 9.59 Å². The molecule has 2 amide bonds. The van der Waals surface area contributed by atoms with Crippen LogP contribution in [-0.4, -0.2) is 71.5 Å². The molecular weight excluding hydrogens is 472 g/mol. The number of amidine groups is 1. The van der Waals surface area contributed by atoms with Crippen molar-refractivity contribution in [2.45, 2.75) is 24.4 Å². The van der Waals surface area contributed by atoms with Crippen LogP contribution in [0.15, 0.2) is 53.6 Å². The first kappa shape index (κ1) is 23.2. The molecule has 0 aromatic heterocycles. The Morgan fingerprint density at radius 3 is 2.62 bits per heavy atom. The van der Waals surface area contributed by atoms with Gasteiger partial charge in [0.05, 0.1) is 12.1 Å². The van der Waals surface area contributed by atoms with Crippen LogP contribution in [0.1, 0.15) is 12.8 Å². The summed E-state index contributed by atoms with van der Waals surface area (Å²) < 4.78 is 5.06. The first-order valence-corrected chi connectivity index (χ1v) is 10.5. The van der Waals surface area contributed by atoms with E-state index in [0.717, 1.165) is 0 Å². The van der Waals surface area contributed by atoms with Gasteiger partial charge in [-0.25, -0.2) is 10.8 Å². The van der Waals surface area contributed by atoms with Gasteiger partial charge in [0.1, 0.15) is 12.0 Å². The van der Waals surface area contributed by atoms with Gasteiger partial charge in [0.15, 0.2) is 23.8 Å². The molecule has 1 unspecified atom stereocenters. The van der Waals surface area contributed by atoms with Crippen LogP contribution in [0.4, 0.5) is 0 Å². The van der Waals surface area contributed by atoms with Crippen LogP contribution in [0.25, 0.3) is 0 Å². The number of hydrazine groups is 1. The zero-order valence-corrected chi connectivity index (χ0v) is 18.6. The summed E-state index contributed by atoms with van der Waals surface area (Å²) in [5, 5.41) is 23.5. The molecule has 0 saturated carbocycles. The molecule has 0 aromatic carbocycles. The molecule has 0 radical (unpaired) electrons. The Hall–Kier alpha value is -3.99. The monoisotopic (exact) mass is 494 g/mol. The second-order valence-corrected chi connectivity index (χ2v) is 8.11. The lowest BCUT2D eigenvalue weighted by Crippen LogP contribution is -2.54. The molecule has 4 heterocycles. The van der Waals surface area contributed by atoms with Crippen molar-refractivity contribution < 1.29 is 14.3 Å². The third-order valence-corrected chi connectivity index (χ3v) is 5.91.